The second kappa shape index (κ2) is 9.89. The van der Waals surface area contributed by atoms with E-state index in [0.29, 0.717) is 25.3 Å². The highest BCUT2D eigenvalue weighted by Crippen LogP contribution is 2.42. The summed E-state index contributed by atoms with van der Waals surface area (Å²) in [5.74, 6) is -0.941. The monoisotopic (exact) mass is 446 g/mol. The maximum Gasteiger partial charge on any atom is 0.289 e. The molecule has 32 heavy (non-hydrogen) atoms. The highest BCUT2D eigenvalue weighted by Gasteiger charge is 2.51. The van der Waals surface area contributed by atoms with Crippen molar-refractivity contribution in [3.63, 3.8) is 0 Å². The van der Waals surface area contributed by atoms with E-state index in [9.17, 15) is 19.2 Å². The molecular formula is C24H38N4O4. The van der Waals surface area contributed by atoms with E-state index < -0.39 is 23.8 Å². The fourth-order valence-electron chi connectivity index (χ4n) is 5.85. The van der Waals surface area contributed by atoms with Crippen molar-refractivity contribution in [2.75, 3.05) is 19.6 Å². The number of carbonyl (C=O) groups excluding carboxylic acids is 4. The zero-order valence-corrected chi connectivity index (χ0v) is 19.5. The first-order valence-corrected chi connectivity index (χ1v) is 12.6. The zero-order valence-electron chi connectivity index (χ0n) is 19.5. The van der Waals surface area contributed by atoms with Gasteiger partial charge in [-0.2, -0.15) is 0 Å². The van der Waals surface area contributed by atoms with Crippen LogP contribution < -0.4 is 10.6 Å². The summed E-state index contributed by atoms with van der Waals surface area (Å²) in [5, 5.41) is 5.62. The van der Waals surface area contributed by atoms with Crippen LogP contribution in [0.25, 0.3) is 0 Å². The second-order valence-electron chi connectivity index (χ2n) is 10.2. The first-order chi connectivity index (χ1) is 15.4. The Balaban J connectivity index is 1.47. The number of nitrogens with one attached hydrogen (secondary N) is 2. The molecular weight excluding hydrogens is 408 g/mol. The van der Waals surface area contributed by atoms with Crippen molar-refractivity contribution in [1.29, 1.82) is 0 Å². The second-order valence-corrected chi connectivity index (χ2v) is 10.2. The van der Waals surface area contributed by atoms with Crippen molar-refractivity contribution in [2.24, 2.45) is 11.8 Å². The van der Waals surface area contributed by atoms with E-state index >= 15 is 0 Å². The molecule has 0 radical (unpaired) electrons. The third kappa shape index (κ3) is 4.85. The number of ketones is 1. The number of carbonyl (C=O) groups is 4. The molecule has 0 aromatic rings. The van der Waals surface area contributed by atoms with Crippen molar-refractivity contribution >= 4 is 23.5 Å². The molecule has 0 bridgehead atoms. The molecule has 2 aliphatic carbocycles. The SMILES string of the molecule is CCCC(NC(=O)C1C2CCCC2CN1C(=O)[C@@H](C)N1CCCC1)C(=O)C(=O)NC1CC1. The van der Waals surface area contributed by atoms with E-state index in [1.165, 1.54) is 0 Å². The molecule has 8 nitrogen and oxygen atoms in total. The summed E-state index contributed by atoms with van der Waals surface area (Å²) in [5.41, 5.74) is 0. The van der Waals surface area contributed by atoms with Gasteiger partial charge in [0.05, 0.1) is 12.1 Å². The third-order valence-corrected chi connectivity index (χ3v) is 7.83. The van der Waals surface area contributed by atoms with Crippen LogP contribution in [-0.4, -0.2) is 77.1 Å². The van der Waals surface area contributed by atoms with E-state index in [1.807, 2.05) is 13.8 Å². The smallest absolute Gasteiger partial charge is 0.289 e. The topological polar surface area (TPSA) is 98.8 Å². The quantitative estimate of drug-likeness (QED) is 0.519. The van der Waals surface area contributed by atoms with Crippen LogP contribution in [0.5, 0.6) is 0 Å². The number of rotatable bonds is 9. The van der Waals surface area contributed by atoms with Gasteiger partial charge in [-0.3, -0.25) is 24.1 Å². The number of amides is 3. The Labute approximate surface area is 190 Å². The summed E-state index contributed by atoms with van der Waals surface area (Å²) in [6.45, 7) is 6.35. The van der Waals surface area contributed by atoms with Gasteiger partial charge in [0, 0.05) is 12.6 Å². The molecule has 0 aromatic carbocycles. The summed E-state index contributed by atoms with van der Waals surface area (Å²) in [6.07, 6.45) is 8.16. The molecule has 4 rings (SSSR count). The van der Waals surface area contributed by atoms with Gasteiger partial charge in [0.25, 0.3) is 5.91 Å². The van der Waals surface area contributed by atoms with Crippen LogP contribution in [0.2, 0.25) is 0 Å². The minimum absolute atomic E-state index is 0.0197. The normalized spacial score (nSPS) is 29.4. The van der Waals surface area contributed by atoms with Crippen molar-refractivity contribution in [3.8, 4) is 0 Å². The van der Waals surface area contributed by atoms with Gasteiger partial charge in [-0.15, -0.1) is 0 Å². The Morgan fingerprint density at radius 1 is 1.00 bits per heavy atom. The molecule has 2 aliphatic heterocycles. The highest BCUT2D eigenvalue weighted by atomic mass is 16.2. The van der Waals surface area contributed by atoms with Crippen LogP contribution in [0.3, 0.4) is 0 Å². The summed E-state index contributed by atoms with van der Waals surface area (Å²) in [6, 6.07) is -1.51. The lowest BCUT2D eigenvalue weighted by Gasteiger charge is -2.33. The van der Waals surface area contributed by atoms with Crippen LogP contribution >= 0.6 is 0 Å². The van der Waals surface area contributed by atoms with E-state index in [4.69, 9.17) is 0 Å². The van der Waals surface area contributed by atoms with Crippen LogP contribution in [-0.2, 0) is 19.2 Å². The number of fused-ring (bicyclic) bond motifs is 1. The van der Waals surface area contributed by atoms with Gasteiger partial charge in [0.1, 0.15) is 6.04 Å². The van der Waals surface area contributed by atoms with Crippen LogP contribution in [0, 0.1) is 11.8 Å². The molecule has 178 valence electrons. The molecule has 4 unspecified atom stereocenters. The van der Waals surface area contributed by atoms with Crippen molar-refractivity contribution in [1.82, 2.24) is 20.4 Å². The number of Topliss-reactive ketones (excluding diaryl/α,β-unsaturated/α-hetero) is 1. The molecule has 5 atom stereocenters. The summed E-state index contributed by atoms with van der Waals surface area (Å²) >= 11 is 0. The fourth-order valence-corrected chi connectivity index (χ4v) is 5.85. The number of hydrogen-bond acceptors (Lipinski definition) is 5. The molecule has 2 heterocycles. The fraction of sp³-hybridized carbons (Fsp3) is 0.833. The minimum atomic E-state index is -0.834. The average molecular weight is 447 g/mol. The van der Waals surface area contributed by atoms with Gasteiger partial charge in [-0.25, -0.2) is 0 Å². The van der Waals surface area contributed by atoms with E-state index in [0.717, 1.165) is 58.0 Å². The lowest BCUT2D eigenvalue weighted by atomic mass is 9.93. The molecule has 2 saturated heterocycles. The van der Waals surface area contributed by atoms with Gasteiger partial charge in [0.15, 0.2) is 0 Å². The van der Waals surface area contributed by atoms with Gasteiger partial charge in [-0.05, 0) is 76.8 Å². The molecule has 4 aliphatic rings. The van der Waals surface area contributed by atoms with Crippen molar-refractivity contribution in [3.05, 3.63) is 0 Å². The maximum atomic E-state index is 13.5. The van der Waals surface area contributed by atoms with Gasteiger partial charge in [0.2, 0.25) is 17.6 Å². The predicted octanol–water partition coefficient (Wildman–Crippen LogP) is 1.23. The van der Waals surface area contributed by atoms with Gasteiger partial charge < -0.3 is 15.5 Å². The Hall–Kier alpha value is -1.96. The largest absolute Gasteiger partial charge is 0.347 e. The van der Waals surface area contributed by atoms with E-state index in [2.05, 4.69) is 15.5 Å². The van der Waals surface area contributed by atoms with Gasteiger partial charge >= 0.3 is 0 Å². The van der Waals surface area contributed by atoms with Crippen LogP contribution in [0.4, 0.5) is 0 Å². The summed E-state index contributed by atoms with van der Waals surface area (Å²) in [7, 11) is 0. The van der Waals surface area contributed by atoms with Crippen LogP contribution in [0.1, 0.15) is 71.6 Å². The lowest BCUT2D eigenvalue weighted by molar-refractivity contribution is -0.144. The Morgan fingerprint density at radius 3 is 2.38 bits per heavy atom. The lowest BCUT2D eigenvalue weighted by Crippen LogP contribution is -2.57. The number of nitrogens with zero attached hydrogens (tertiary/aromatic N) is 2. The third-order valence-electron chi connectivity index (χ3n) is 7.83. The Bertz CT molecular complexity index is 746. The first-order valence-electron chi connectivity index (χ1n) is 12.6. The van der Waals surface area contributed by atoms with Crippen LogP contribution in [0.15, 0.2) is 0 Å². The molecule has 2 N–H and O–H groups in total. The Kier molecular flexibility index (Phi) is 7.17. The van der Waals surface area contributed by atoms with E-state index in [-0.39, 0.29) is 29.8 Å². The predicted molar refractivity (Wildman–Crippen MR) is 120 cm³/mol. The molecule has 0 aromatic heterocycles. The summed E-state index contributed by atoms with van der Waals surface area (Å²) in [4.78, 5) is 56.0. The standard InChI is InChI=1S/C24H38N4O4/c1-3-7-19(21(29)23(31)25-17-10-11-17)26-22(30)20-18-9-6-8-16(18)14-28(20)24(32)15(2)27-12-4-5-13-27/h15-20H,3-14H2,1-2H3,(H,25,31)(H,26,30)/t15-,16?,18?,19?,20?/m1/s1. The maximum absolute atomic E-state index is 13.5. The number of likely N-dealkylation sites (tertiary alicyclic amines) is 2. The highest BCUT2D eigenvalue weighted by molar-refractivity contribution is 6.38. The van der Waals surface area contributed by atoms with E-state index in [1.54, 1.807) is 4.90 Å². The Morgan fingerprint density at radius 2 is 1.72 bits per heavy atom. The first kappa shape index (κ1) is 23.2. The molecule has 8 heteroatoms. The average Bonchev–Trinajstić information content (AvgIpc) is 3.16. The number of hydrogen-bond donors (Lipinski definition) is 2. The van der Waals surface area contributed by atoms with Crippen molar-refractivity contribution < 1.29 is 19.2 Å². The van der Waals surface area contributed by atoms with Gasteiger partial charge in [-0.1, -0.05) is 19.8 Å². The zero-order chi connectivity index (χ0) is 22.8. The molecule has 0 spiro atoms. The molecule has 4 fully saturated rings. The van der Waals surface area contributed by atoms with Crippen molar-refractivity contribution in [2.45, 2.75) is 95.8 Å². The summed E-state index contributed by atoms with van der Waals surface area (Å²) < 4.78 is 0. The molecule has 3 amide bonds. The molecule has 2 saturated carbocycles. The minimum Gasteiger partial charge on any atom is -0.347 e.